The molecule has 0 radical (unpaired) electrons. The van der Waals surface area contributed by atoms with Crippen LogP contribution in [0.1, 0.15) is 46.2 Å². The van der Waals surface area contributed by atoms with Crippen molar-refractivity contribution in [2.24, 2.45) is 0 Å². The van der Waals surface area contributed by atoms with Crippen LogP contribution < -0.4 is 4.90 Å². The van der Waals surface area contributed by atoms with Gasteiger partial charge in [-0.15, -0.1) is 0 Å². The molecule has 12 rings (SSSR count). The highest BCUT2D eigenvalue weighted by Gasteiger charge is 2.46. The van der Waals surface area contributed by atoms with Gasteiger partial charge in [-0.3, -0.25) is 0 Å². The largest absolute Gasteiger partial charge is 0.456 e. The zero-order chi connectivity index (χ0) is 39.1. The minimum Gasteiger partial charge on any atom is -0.456 e. The minimum absolute atomic E-state index is 0.306. The van der Waals surface area contributed by atoms with Gasteiger partial charge in [-0.2, -0.15) is 0 Å². The Morgan fingerprint density at radius 1 is 0.424 bits per heavy atom. The van der Waals surface area contributed by atoms with E-state index >= 15 is 0 Å². The Kier molecular flexibility index (Phi) is 7.46. The summed E-state index contributed by atoms with van der Waals surface area (Å²) in [4.78, 5) is 2.42. The minimum atomic E-state index is -0.447. The monoisotopic (exact) mass is 753 g/mol. The maximum absolute atomic E-state index is 6.44. The molecule has 0 saturated carbocycles. The van der Waals surface area contributed by atoms with Gasteiger partial charge in [-0.1, -0.05) is 171 Å². The highest BCUT2D eigenvalue weighted by atomic mass is 16.3. The maximum Gasteiger partial charge on any atom is 0.137 e. The lowest BCUT2D eigenvalue weighted by atomic mass is 9.67. The van der Waals surface area contributed by atoms with E-state index in [1.54, 1.807) is 0 Å². The number of hydrogen-bond acceptors (Lipinski definition) is 2. The molecule has 2 nitrogen and oxygen atoms in total. The third-order valence-electron chi connectivity index (χ3n) is 13.0. The highest BCUT2D eigenvalue weighted by Crippen LogP contribution is 2.57. The van der Waals surface area contributed by atoms with Crippen molar-refractivity contribution in [1.29, 1.82) is 0 Å². The number of fused-ring (bicyclic) bond motifs is 9. The Morgan fingerprint density at radius 2 is 1.02 bits per heavy atom. The molecule has 0 N–H and O–H groups in total. The van der Waals surface area contributed by atoms with Crippen molar-refractivity contribution in [2.75, 3.05) is 4.90 Å². The van der Waals surface area contributed by atoms with Crippen molar-refractivity contribution in [3.05, 3.63) is 246 Å². The summed E-state index contributed by atoms with van der Waals surface area (Å²) < 4.78 is 6.44. The predicted molar refractivity (Wildman–Crippen MR) is 244 cm³/mol. The van der Waals surface area contributed by atoms with E-state index in [1.165, 1.54) is 66.8 Å². The zero-order valence-electron chi connectivity index (χ0n) is 32.6. The number of nitrogens with zero attached hydrogens (tertiary/aromatic N) is 1. The summed E-state index contributed by atoms with van der Waals surface area (Å²) in [5.41, 5.74) is 20.2. The molecule has 0 fully saturated rings. The van der Waals surface area contributed by atoms with E-state index in [0.29, 0.717) is 5.92 Å². The Bertz CT molecular complexity index is 3190. The molecule has 0 bridgehead atoms. The fourth-order valence-corrected chi connectivity index (χ4v) is 10.4. The maximum atomic E-state index is 6.44. The molecule has 2 heteroatoms. The summed E-state index contributed by atoms with van der Waals surface area (Å²) in [5, 5.41) is 2.22. The molecular weight excluding hydrogens is 715 g/mol. The van der Waals surface area contributed by atoms with Crippen LogP contribution in [0, 0.1) is 0 Å². The molecule has 0 aliphatic heterocycles. The first kappa shape index (κ1) is 33.7. The average Bonchev–Trinajstić information content (AvgIpc) is 3.93. The Hall–Kier alpha value is -7.42. The lowest BCUT2D eigenvalue weighted by Gasteiger charge is -2.34. The molecule has 2 aliphatic rings. The lowest BCUT2D eigenvalue weighted by molar-refractivity contribution is 0.669. The molecular formula is C57H39NO. The van der Waals surface area contributed by atoms with Crippen LogP contribution in [0.25, 0.3) is 55.3 Å². The van der Waals surface area contributed by atoms with E-state index in [0.717, 1.165) is 39.0 Å². The van der Waals surface area contributed by atoms with Crippen molar-refractivity contribution in [3.63, 3.8) is 0 Å². The third kappa shape index (κ3) is 4.93. The topological polar surface area (TPSA) is 16.4 Å². The Balaban J connectivity index is 1.02. The van der Waals surface area contributed by atoms with Crippen LogP contribution in [0.3, 0.4) is 0 Å². The van der Waals surface area contributed by atoms with Gasteiger partial charge in [-0.25, -0.2) is 0 Å². The van der Waals surface area contributed by atoms with Gasteiger partial charge in [0.1, 0.15) is 11.2 Å². The molecule has 0 saturated heterocycles. The molecule has 1 atom stereocenters. The summed E-state index contributed by atoms with van der Waals surface area (Å²) in [5.74, 6) is 0.306. The summed E-state index contributed by atoms with van der Waals surface area (Å²) >= 11 is 0. The SMILES string of the molecule is CC1c2ccccc2-c2ccc(N(c3ccc(-c4ccc5c(c4)C(c4ccccc4)(c4ccccc4)c4ccccc4-5)cc3)c3cccc4oc5ccccc5c34)cc21. The molecule has 2 aliphatic carbocycles. The van der Waals surface area contributed by atoms with Crippen LogP contribution in [0.15, 0.2) is 217 Å². The second-order valence-electron chi connectivity index (χ2n) is 16.0. The van der Waals surface area contributed by atoms with Crippen molar-refractivity contribution in [3.8, 4) is 33.4 Å². The van der Waals surface area contributed by atoms with Crippen LogP contribution in [-0.4, -0.2) is 0 Å². The summed E-state index contributed by atoms with van der Waals surface area (Å²) in [7, 11) is 0. The lowest BCUT2D eigenvalue weighted by Crippen LogP contribution is -2.28. The summed E-state index contributed by atoms with van der Waals surface area (Å²) in [6, 6.07) is 77.9. The molecule has 0 spiro atoms. The van der Waals surface area contributed by atoms with E-state index in [-0.39, 0.29) is 0 Å². The van der Waals surface area contributed by atoms with Crippen LogP contribution in [0.2, 0.25) is 0 Å². The second kappa shape index (κ2) is 13.1. The van der Waals surface area contributed by atoms with E-state index in [1.807, 2.05) is 6.07 Å². The number of anilines is 3. The van der Waals surface area contributed by atoms with E-state index in [2.05, 4.69) is 218 Å². The van der Waals surface area contributed by atoms with Crippen LogP contribution >= 0.6 is 0 Å². The van der Waals surface area contributed by atoms with Gasteiger partial charge in [0, 0.05) is 22.7 Å². The molecule has 10 aromatic rings. The molecule has 0 amide bonds. The van der Waals surface area contributed by atoms with Crippen LogP contribution in [0.5, 0.6) is 0 Å². The van der Waals surface area contributed by atoms with E-state index in [4.69, 9.17) is 4.42 Å². The smallest absolute Gasteiger partial charge is 0.137 e. The molecule has 1 heterocycles. The number of benzene rings is 9. The Labute approximate surface area is 344 Å². The standard InChI is InChI=1S/C57H39NO/c1-37-44-19-8-9-20-45(44)46-34-32-43(36-50(37)46)58(53-24-14-26-55-56(53)49-22-11-13-25-54(49)59-55)42-30-27-38(28-31-42)39-29-33-48-47-21-10-12-23-51(47)57(52(48)35-39,40-15-4-2-5-16-40)41-17-6-3-7-18-41/h2-37H,1H3. The van der Waals surface area contributed by atoms with E-state index < -0.39 is 5.41 Å². The summed E-state index contributed by atoms with van der Waals surface area (Å²) in [6.07, 6.45) is 0. The van der Waals surface area contributed by atoms with Gasteiger partial charge < -0.3 is 9.32 Å². The number of furan rings is 1. The fourth-order valence-electron chi connectivity index (χ4n) is 10.4. The zero-order valence-corrected chi connectivity index (χ0v) is 32.6. The van der Waals surface area contributed by atoms with Gasteiger partial charge >= 0.3 is 0 Å². The van der Waals surface area contributed by atoms with Crippen molar-refractivity contribution in [1.82, 2.24) is 0 Å². The number of para-hydroxylation sites is 1. The van der Waals surface area contributed by atoms with Gasteiger partial charge in [0.15, 0.2) is 0 Å². The first-order valence-electron chi connectivity index (χ1n) is 20.6. The molecule has 278 valence electrons. The number of hydrogen-bond donors (Lipinski definition) is 0. The second-order valence-corrected chi connectivity index (χ2v) is 16.0. The van der Waals surface area contributed by atoms with Crippen molar-refractivity contribution >= 4 is 39.0 Å². The van der Waals surface area contributed by atoms with Gasteiger partial charge in [0.2, 0.25) is 0 Å². The van der Waals surface area contributed by atoms with Crippen LogP contribution in [-0.2, 0) is 5.41 Å². The highest BCUT2D eigenvalue weighted by molar-refractivity contribution is 6.13. The first-order chi connectivity index (χ1) is 29.2. The average molecular weight is 754 g/mol. The van der Waals surface area contributed by atoms with Crippen molar-refractivity contribution < 1.29 is 4.42 Å². The molecule has 9 aromatic carbocycles. The quantitative estimate of drug-likeness (QED) is 0.168. The number of rotatable bonds is 6. The summed E-state index contributed by atoms with van der Waals surface area (Å²) in [6.45, 7) is 2.33. The normalized spacial score (nSPS) is 14.5. The predicted octanol–water partition coefficient (Wildman–Crippen LogP) is 15.2. The van der Waals surface area contributed by atoms with Gasteiger partial charge in [-0.05, 0) is 115 Å². The molecule has 59 heavy (non-hydrogen) atoms. The molecule has 1 unspecified atom stereocenters. The molecule has 1 aromatic heterocycles. The van der Waals surface area contributed by atoms with Crippen molar-refractivity contribution in [2.45, 2.75) is 18.3 Å². The third-order valence-corrected chi connectivity index (χ3v) is 13.0. The Morgan fingerprint density at radius 3 is 1.81 bits per heavy atom. The first-order valence-corrected chi connectivity index (χ1v) is 20.6. The van der Waals surface area contributed by atoms with E-state index in [9.17, 15) is 0 Å². The van der Waals surface area contributed by atoms with Gasteiger partial charge in [0.05, 0.1) is 16.5 Å². The fraction of sp³-hybridized carbons (Fsp3) is 0.0526. The van der Waals surface area contributed by atoms with Crippen LogP contribution in [0.4, 0.5) is 17.1 Å². The van der Waals surface area contributed by atoms with Gasteiger partial charge in [0.25, 0.3) is 0 Å².